The van der Waals surface area contributed by atoms with E-state index in [2.05, 4.69) is 21.8 Å². The molecule has 1 saturated carbocycles. The van der Waals surface area contributed by atoms with E-state index in [0.29, 0.717) is 11.8 Å². The Bertz CT molecular complexity index is 631. The zero-order valence-electron chi connectivity index (χ0n) is 15.6. The maximum atomic E-state index is 12.3. The van der Waals surface area contributed by atoms with Gasteiger partial charge in [0.15, 0.2) is 0 Å². The van der Waals surface area contributed by atoms with Gasteiger partial charge in [0.25, 0.3) is 5.56 Å². The van der Waals surface area contributed by atoms with Crippen LogP contribution in [-0.2, 0) is 6.54 Å². The Morgan fingerprint density at radius 1 is 1.04 bits per heavy atom. The fourth-order valence-electron chi connectivity index (χ4n) is 4.48. The van der Waals surface area contributed by atoms with Crippen molar-refractivity contribution < 1.29 is 0 Å². The molecule has 0 aromatic carbocycles. The molecule has 0 radical (unpaired) electrons. The van der Waals surface area contributed by atoms with E-state index in [9.17, 15) is 4.79 Å². The molecule has 25 heavy (non-hydrogen) atoms. The Morgan fingerprint density at radius 2 is 1.84 bits per heavy atom. The van der Waals surface area contributed by atoms with E-state index in [1.807, 2.05) is 4.57 Å². The number of likely N-dealkylation sites (N-methyl/N-ethyl adjacent to an activating group) is 1. The van der Waals surface area contributed by atoms with E-state index in [-0.39, 0.29) is 5.56 Å². The van der Waals surface area contributed by atoms with Gasteiger partial charge in [-0.1, -0.05) is 6.42 Å². The summed E-state index contributed by atoms with van der Waals surface area (Å²) in [7, 11) is 2.28. The predicted octanol–water partition coefficient (Wildman–Crippen LogP) is 2.32. The lowest BCUT2D eigenvalue weighted by Gasteiger charge is -2.39. The van der Waals surface area contributed by atoms with E-state index >= 15 is 0 Å². The number of aromatic nitrogens is 2. The fraction of sp³-hybridized carbons (Fsp3) is 0.800. The van der Waals surface area contributed by atoms with E-state index in [1.165, 1.54) is 71.1 Å². The van der Waals surface area contributed by atoms with Crippen molar-refractivity contribution in [3.05, 3.63) is 28.4 Å². The minimum absolute atomic E-state index is 0.142. The van der Waals surface area contributed by atoms with E-state index in [0.717, 1.165) is 18.3 Å². The standard InChI is InChI=1S/C20H32N4O/c1-22-9-3-2-4-18(22)14-23-10-7-16(8-11-23)13-24-15-21-19(12-20(24)25)17-5-6-17/h12,15-18H,2-11,13-14H2,1H3. The van der Waals surface area contributed by atoms with Crippen molar-refractivity contribution in [2.45, 2.75) is 63.5 Å². The number of piperidine rings is 2. The molecule has 3 heterocycles. The van der Waals surface area contributed by atoms with Gasteiger partial charge in [0, 0.05) is 31.1 Å². The Labute approximate surface area is 151 Å². The molecule has 5 nitrogen and oxygen atoms in total. The molecule has 1 unspecified atom stereocenters. The molecule has 3 aliphatic rings. The number of hydrogen-bond acceptors (Lipinski definition) is 4. The maximum Gasteiger partial charge on any atom is 0.253 e. The Balaban J connectivity index is 1.26. The van der Waals surface area contributed by atoms with Gasteiger partial charge < -0.3 is 9.80 Å². The lowest BCUT2D eigenvalue weighted by molar-refractivity contribution is 0.100. The van der Waals surface area contributed by atoms with Crippen LogP contribution in [0.15, 0.2) is 17.2 Å². The van der Waals surface area contributed by atoms with Crippen LogP contribution in [0.1, 0.15) is 56.6 Å². The van der Waals surface area contributed by atoms with Crippen LogP contribution in [0.3, 0.4) is 0 Å². The number of rotatable bonds is 5. The summed E-state index contributed by atoms with van der Waals surface area (Å²) in [6, 6.07) is 2.51. The summed E-state index contributed by atoms with van der Waals surface area (Å²) in [4.78, 5) is 22.0. The molecule has 138 valence electrons. The predicted molar refractivity (Wildman–Crippen MR) is 99.9 cm³/mol. The van der Waals surface area contributed by atoms with Gasteiger partial charge >= 0.3 is 0 Å². The second kappa shape index (κ2) is 7.58. The van der Waals surface area contributed by atoms with Crippen molar-refractivity contribution in [1.29, 1.82) is 0 Å². The molecular formula is C20H32N4O. The molecular weight excluding hydrogens is 312 g/mol. The molecule has 1 atom stereocenters. The molecule has 1 aliphatic carbocycles. The summed E-state index contributed by atoms with van der Waals surface area (Å²) in [5, 5.41) is 0. The highest BCUT2D eigenvalue weighted by Gasteiger charge is 2.27. The first-order valence-corrected chi connectivity index (χ1v) is 10.2. The van der Waals surface area contributed by atoms with Crippen LogP contribution in [0.5, 0.6) is 0 Å². The zero-order chi connectivity index (χ0) is 17.2. The Morgan fingerprint density at radius 3 is 2.52 bits per heavy atom. The van der Waals surface area contributed by atoms with Crippen LogP contribution < -0.4 is 5.56 Å². The van der Waals surface area contributed by atoms with Gasteiger partial charge in [-0.25, -0.2) is 4.98 Å². The van der Waals surface area contributed by atoms with Gasteiger partial charge in [0.1, 0.15) is 0 Å². The third kappa shape index (κ3) is 4.32. The Kier molecular flexibility index (Phi) is 5.23. The van der Waals surface area contributed by atoms with Crippen molar-refractivity contribution in [2.24, 2.45) is 5.92 Å². The first kappa shape index (κ1) is 17.2. The van der Waals surface area contributed by atoms with Gasteiger partial charge in [-0.3, -0.25) is 9.36 Å². The Hall–Kier alpha value is -1.20. The minimum atomic E-state index is 0.142. The molecule has 3 fully saturated rings. The van der Waals surface area contributed by atoms with Gasteiger partial charge in [0.05, 0.1) is 12.0 Å². The van der Waals surface area contributed by atoms with Gasteiger partial charge in [0.2, 0.25) is 0 Å². The zero-order valence-corrected chi connectivity index (χ0v) is 15.6. The van der Waals surface area contributed by atoms with Crippen molar-refractivity contribution in [3.8, 4) is 0 Å². The minimum Gasteiger partial charge on any atom is -0.302 e. The third-order valence-corrected chi connectivity index (χ3v) is 6.45. The van der Waals surface area contributed by atoms with E-state index in [4.69, 9.17) is 0 Å². The van der Waals surface area contributed by atoms with Crippen LogP contribution >= 0.6 is 0 Å². The lowest BCUT2D eigenvalue weighted by Crippen LogP contribution is -2.47. The van der Waals surface area contributed by atoms with Crippen LogP contribution in [0, 0.1) is 5.92 Å². The highest BCUT2D eigenvalue weighted by molar-refractivity contribution is 5.12. The van der Waals surface area contributed by atoms with E-state index in [1.54, 1.807) is 12.4 Å². The quantitative estimate of drug-likeness (QED) is 0.822. The van der Waals surface area contributed by atoms with Crippen LogP contribution in [0.25, 0.3) is 0 Å². The summed E-state index contributed by atoms with van der Waals surface area (Å²) >= 11 is 0. The molecule has 0 N–H and O–H groups in total. The second-order valence-corrected chi connectivity index (χ2v) is 8.45. The molecule has 1 aromatic rings. The van der Waals surface area contributed by atoms with Crippen LogP contribution in [-0.4, -0.2) is 58.6 Å². The lowest BCUT2D eigenvalue weighted by atomic mass is 9.95. The molecule has 1 aromatic heterocycles. The van der Waals surface area contributed by atoms with E-state index < -0.39 is 0 Å². The normalized spacial score (nSPS) is 26.8. The molecule has 0 spiro atoms. The molecule has 4 rings (SSSR count). The maximum absolute atomic E-state index is 12.3. The van der Waals surface area contributed by atoms with Crippen molar-refractivity contribution in [3.63, 3.8) is 0 Å². The summed E-state index contributed by atoms with van der Waals surface area (Å²) < 4.78 is 1.83. The van der Waals surface area contributed by atoms with Crippen molar-refractivity contribution in [2.75, 3.05) is 33.2 Å². The highest BCUT2D eigenvalue weighted by atomic mass is 16.1. The highest BCUT2D eigenvalue weighted by Crippen LogP contribution is 2.38. The SMILES string of the molecule is CN1CCCCC1CN1CCC(Cn2cnc(C3CC3)cc2=O)CC1. The second-order valence-electron chi connectivity index (χ2n) is 8.45. The molecule has 2 aliphatic heterocycles. The van der Waals surface area contributed by atoms with Crippen LogP contribution in [0.2, 0.25) is 0 Å². The topological polar surface area (TPSA) is 41.4 Å². The number of nitrogens with zero attached hydrogens (tertiary/aromatic N) is 4. The summed E-state index contributed by atoms with van der Waals surface area (Å²) in [6.07, 6.45) is 10.7. The van der Waals surface area contributed by atoms with Crippen LogP contribution in [0.4, 0.5) is 0 Å². The molecule has 2 saturated heterocycles. The van der Waals surface area contributed by atoms with Gasteiger partial charge in [-0.15, -0.1) is 0 Å². The fourth-order valence-corrected chi connectivity index (χ4v) is 4.48. The summed E-state index contributed by atoms with van der Waals surface area (Å²) in [5.74, 6) is 1.18. The van der Waals surface area contributed by atoms with Crippen molar-refractivity contribution >= 4 is 0 Å². The molecule has 0 bridgehead atoms. The monoisotopic (exact) mass is 344 g/mol. The average molecular weight is 345 g/mol. The van der Waals surface area contributed by atoms with Gasteiger partial charge in [-0.2, -0.15) is 0 Å². The van der Waals surface area contributed by atoms with Crippen molar-refractivity contribution in [1.82, 2.24) is 19.4 Å². The average Bonchev–Trinajstić information content (AvgIpc) is 3.45. The first-order chi connectivity index (χ1) is 12.2. The molecule has 5 heteroatoms. The molecule has 0 amide bonds. The smallest absolute Gasteiger partial charge is 0.253 e. The largest absolute Gasteiger partial charge is 0.302 e. The number of likely N-dealkylation sites (tertiary alicyclic amines) is 2. The number of hydrogen-bond donors (Lipinski definition) is 0. The summed E-state index contributed by atoms with van der Waals surface area (Å²) in [5.41, 5.74) is 1.15. The summed E-state index contributed by atoms with van der Waals surface area (Å²) in [6.45, 7) is 5.68. The third-order valence-electron chi connectivity index (χ3n) is 6.45. The van der Waals surface area contributed by atoms with Gasteiger partial charge in [-0.05, 0) is 71.1 Å². The first-order valence-electron chi connectivity index (χ1n) is 10.2.